The molecule has 25 heavy (non-hydrogen) atoms. The molecule has 140 valence electrons. The number of aliphatic hydroxyl groups is 3. The number of esters is 1. The van der Waals surface area contributed by atoms with Gasteiger partial charge in [0.2, 0.25) is 0 Å². The van der Waals surface area contributed by atoms with E-state index in [9.17, 15) is 20.1 Å². The molecule has 0 aromatic heterocycles. The lowest BCUT2D eigenvalue weighted by Crippen LogP contribution is -2.84. The summed E-state index contributed by atoms with van der Waals surface area (Å²) in [5.74, 6) is -0.421. The average Bonchev–Trinajstić information content (AvgIpc) is 2.50. The van der Waals surface area contributed by atoms with Gasteiger partial charge in [-0.05, 0) is 57.8 Å². The fraction of sp³-hybridized carbons (Fsp3) is 0.950. The Hall–Kier alpha value is -0.650. The van der Waals surface area contributed by atoms with E-state index in [1.807, 2.05) is 20.8 Å². The van der Waals surface area contributed by atoms with Crippen LogP contribution in [-0.4, -0.2) is 43.7 Å². The highest BCUT2D eigenvalue weighted by atomic mass is 16.6. The third-order valence-corrected chi connectivity index (χ3v) is 8.85. The molecule has 5 heteroatoms. The molecule has 7 saturated carbocycles. The van der Waals surface area contributed by atoms with Crippen LogP contribution in [0.15, 0.2) is 0 Å². The van der Waals surface area contributed by atoms with Gasteiger partial charge in [0, 0.05) is 24.7 Å². The summed E-state index contributed by atoms with van der Waals surface area (Å²) in [6.07, 6.45) is 3.90. The van der Waals surface area contributed by atoms with E-state index < -0.39 is 27.8 Å². The van der Waals surface area contributed by atoms with E-state index in [1.165, 1.54) is 0 Å². The lowest BCUT2D eigenvalue weighted by molar-refractivity contribution is -0.391. The lowest BCUT2D eigenvalue weighted by atomic mass is 9.31. The summed E-state index contributed by atoms with van der Waals surface area (Å²) in [5.41, 5.74) is -3.83. The zero-order valence-electron chi connectivity index (χ0n) is 15.4. The van der Waals surface area contributed by atoms with Crippen molar-refractivity contribution in [2.24, 2.45) is 29.1 Å². The first-order chi connectivity index (χ1) is 11.5. The van der Waals surface area contributed by atoms with Gasteiger partial charge in [0.05, 0.1) is 22.2 Å². The predicted molar refractivity (Wildman–Crippen MR) is 89.4 cm³/mol. The van der Waals surface area contributed by atoms with E-state index >= 15 is 0 Å². The molecule has 4 unspecified atom stereocenters. The Morgan fingerprint density at radius 3 is 1.96 bits per heavy atom. The number of ether oxygens (including phenoxy) is 1. The van der Waals surface area contributed by atoms with E-state index in [0.29, 0.717) is 44.9 Å². The Morgan fingerprint density at radius 1 is 0.960 bits per heavy atom. The maximum Gasteiger partial charge on any atom is 0.312 e. The first-order valence-corrected chi connectivity index (χ1v) is 9.88. The molecule has 0 saturated heterocycles. The summed E-state index contributed by atoms with van der Waals surface area (Å²) < 4.78 is 6.28. The van der Waals surface area contributed by atoms with Gasteiger partial charge in [0.15, 0.2) is 0 Å². The van der Waals surface area contributed by atoms with Crippen molar-refractivity contribution in [1.29, 1.82) is 0 Å². The molecule has 7 aliphatic carbocycles. The Balaban J connectivity index is 1.60. The summed E-state index contributed by atoms with van der Waals surface area (Å²) in [6, 6.07) is 0. The fourth-order valence-corrected chi connectivity index (χ4v) is 7.50. The highest BCUT2D eigenvalue weighted by molar-refractivity contribution is 5.76. The number of hydrogen-bond acceptors (Lipinski definition) is 5. The SMILES string of the molecule is CCC(C)(C)C(=O)OC12CC3(O)CC4C1CC1(O)CC2C(C3)C4(O)C1. The molecular formula is C20H30O5. The summed E-state index contributed by atoms with van der Waals surface area (Å²) in [5, 5.41) is 33.6. The lowest BCUT2D eigenvalue weighted by Gasteiger charge is -2.78. The molecule has 0 aromatic rings. The fourth-order valence-electron chi connectivity index (χ4n) is 7.50. The topological polar surface area (TPSA) is 87.0 Å². The Morgan fingerprint density at radius 2 is 1.44 bits per heavy atom. The number of carbonyl (C=O) groups excluding carboxylic acids is 1. The normalized spacial score (nSPS) is 58.0. The van der Waals surface area contributed by atoms with Gasteiger partial charge >= 0.3 is 5.97 Å². The molecule has 0 spiro atoms. The molecular weight excluding hydrogens is 320 g/mol. The number of carbonyl (C=O) groups is 1. The van der Waals surface area contributed by atoms with Crippen LogP contribution in [0.3, 0.4) is 0 Å². The predicted octanol–water partition coefficient (Wildman–Crippen LogP) is 1.77. The van der Waals surface area contributed by atoms with Gasteiger partial charge < -0.3 is 20.1 Å². The zero-order valence-corrected chi connectivity index (χ0v) is 15.4. The van der Waals surface area contributed by atoms with Gasteiger partial charge in [0.25, 0.3) is 0 Å². The molecule has 7 fully saturated rings. The minimum absolute atomic E-state index is 0.0385. The second-order valence-electron chi connectivity index (χ2n) is 10.6. The van der Waals surface area contributed by atoms with Gasteiger partial charge in [-0.25, -0.2) is 0 Å². The largest absolute Gasteiger partial charge is 0.458 e. The van der Waals surface area contributed by atoms with Crippen molar-refractivity contribution in [1.82, 2.24) is 0 Å². The van der Waals surface area contributed by atoms with Crippen LogP contribution < -0.4 is 0 Å². The van der Waals surface area contributed by atoms with Crippen molar-refractivity contribution in [3.05, 3.63) is 0 Å². The van der Waals surface area contributed by atoms with Crippen LogP contribution in [0.4, 0.5) is 0 Å². The van der Waals surface area contributed by atoms with E-state index in [-0.39, 0.29) is 29.6 Å². The van der Waals surface area contributed by atoms with Crippen molar-refractivity contribution >= 4 is 5.97 Å². The molecule has 5 nitrogen and oxygen atoms in total. The van der Waals surface area contributed by atoms with Crippen molar-refractivity contribution in [3.8, 4) is 0 Å². The maximum absolute atomic E-state index is 12.9. The summed E-state index contributed by atoms with van der Waals surface area (Å²) in [7, 11) is 0. The first-order valence-electron chi connectivity index (χ1n) is 9.88. The average molecular weight is 350 g/mol. The minimum atomic E-state index is -0.899. The van der Waals surface area contributed by atoms with Crippen molar-refractivity contribution in [2.75, 3.05) is 0 Å². The molecule has 8 bridgehead atoms. The summed E-state index contributed by atoms with van der Waals surface area (Å²) in [6.45, 7) is 5.79. The molecule has 7 rings (SSSR count). The third kappa shape index (κ3) is 1.78. The highest BCUT2D eigenvalue weighted by Gasteiger charge is 2.81. The Labute approximate surface area is 148 Å². The maximum atomic E-state index is 12.9. The van der Waals surface area contributed by atoms with Crippen LogP contribution in [0.1, 0.15) is 65.7 Å². The van der Waals surface area contributed by atoms with Crippen molar-refractivity contribution in [2.45, 2.75) is 88.1 Å². The van der Waals surface area contributed by atoms with Crippen LogP contribution in [0.5, 0.6) is 0 Å². The third-order valence-electron chi connectivity index (χ3n) is 8.85. The molecule has 0 amide bonds. The van der Waals surface area contributed by atoms with Crippen molar-refractivity contribution < 1.29 is 24.9 Å². The van der Waals surface area contributed by atoms with E-state index in [4.69, 9.17) is 4.74 Å². The standard InChI is InChI=1S/C20H30O5/c1-4-16(2,3)15(21)25-20-10-18(23)5-11-13(20)7-17(22)8-14(20)12(6-18)19(11,24)9-17/h11-14,22-24H,4-10H2,1-3H3. The number of rotatable bonds is 3. The van der Waals surface area contributed by atoms with Crippen LogP contribution >= 0.6 is 0 Å². The van der Waals surface area contributed by atoms with Crippen LogP contribution in [-0.2, 0) is 9.53 Å². The van der Waals surface area contributed by atoms with E-state index in [1.54, 1.807) is 0 Å². The molecule has 0 heterocycles. The van der Waals surface area contributed by atoms with E-state index in [0.717, 1.165) is 0 Å². The smallest absolute Gasteiger partial charge is 0.312 e. The van der Waals surface area contributed by atoms with Gasteiger partial charge in [-0.2, -0.15) is 0 Å². The van der Waals surface area contributed by atoms with Crippen LogP contribution in [0, 0.1) is 29.1 Å². The first kappa shape index (κ1) is 16.5. The zero-order chi connectivity index (χ0) is 18.0. The molecule has 3 N–H and O–H groups in total. The van der Waals surface area contributed by atoms with Crippen LogP contribution in [0.25, 0.3) is 0 Å². The van der Waals surface area contributed by atoms with E-state index in [2.05, 4.69) is 0 Å². The summed E-state index contributed by atoms with van der Waals surface area (Å²) in [4.78, 5) is 12.9. The second kappa shape index (κ2) is 4.26. The second-order valence-corrected chi connectivity index (χ2v) is 10.6. The Bertz CT molecular complexity index is 628. The van der Waals surface area contributed by atoms with Gasteiger partial charge in [0.1, 0.15) is 5.60 Å². The Kier molecular flexibility index (Phi) is 2.81. The van der Waals surface area contributed by atoms with Crippen LogP contribution in [0.2, 0.25) is 0 Å². The van der Waals surface area contributed by atoms with Crippen molar-refractivity contribution in [3.63, 3.8) is 0 Å². The van der Waals surface area contributed by atoms with Gasteiger partial charge in [-0.1, -0.05) is 6.92 Å². The van der Waals surface area contributed by atoms with Gasteiger partial charge in [-0.15, -0.1) is 0 Å². The van der Waals surface area contributed by atoms with Gasteiger partial charge in [-0.3, -0.25) is 4.79 Å². The monoisotopic (exact) mass is 350 g/mol. The highest BCUT2D eigenvalue weighted by Crippen LogP contribution is 2.76. The quantitative estimate of drug-likeness (QED) is 0.675. The summed E-state index contributed by atoms with van der Waals surface area (Å²) >= 11 is 0. The molecule has 4 atom stereocenters. The molecule has 0 aliphatic heterocycles. The molecule has 0 aromatic carbocycles. The minimum Gasteiger partial charge on any atom is -0.458 e. The molecule has 0 radical (unpaired) electrons. The molecule has 7 aliphatic rings. The number of hydrogen-bond donors (Lipinski definition) is 3.